The molecular formula is C22H13F5IrN4-2. The van der Waals surface area contributed by atoms with Gasteiger partial charge in [-0.1, -0.05) is 49.0 Å². The minimum absolute atomic E-state index is 0. The van der Waals surface area contributed by atoms with Gasteiger partial charge in [0.15, 0.2) is 0 Å². The molecule has 4 nitrogen and oxygen atoms in total. The summed E-state index contributed by atoms with van der Waals surface area (Å²) in [6, 6.07) is 14.9. The Morgan fingerprint density at radius 3 is 2.31 bits per heavy atom. The van der Waals surface area contributed by atoms with Crippen molar-refractivity contribution in [1.29, 1.82) is 0 Å². The summed E-state index contributed by atoms with van der Waals surface area (Å²) in [5, 5.41) is 3.48. The summed E-state index contributed by atoms with van der Waals surface area (Å²) >= 11 is 0. The van der Waals surface area contributed by atoms with Crippen molar-refractivity contribution in [2.75, 3.05) is 0 Å². The second kappa shape index (κ2) is 9.26. The van der Waals surface area contributed by atoms with E-state index in [4.69, 9.17) is 0 Å². The van der Waals surface area contributed by atoms with E-state index in [0.29, 0.717) is 11.4 Å². The van der Waals surface area contributed by atoms with Crippen LogP contribution in [0.3, 0.4) is 0 Å². The Balaban J connectivity index is 0.00000289. The third-order valence-electron chi connectivity index (χ3n) is 4.57. The van der Waals surface area contributed by atoms with Crippen molar-refractivity contribution >= 4 is 0 Å². The molecule has 0 aliphatic carbocycles. The second-order valence-corrected chi connectivity index (χ2v) is 6.70. The van der Waals surface area contributed by atoms with Gasteiger partial charge < -0.3 is 9.67 Å². The largest absolute Gasteiger partial charge is 0.388 e. The molecule has 0 amide bonds. The number of pyridine rings is 2. The predicted octanol–water partition coefficient (Wildman–Crippen LogP) is 5.38. The van der Waals surface area contributed by atoms with E-state index >= 15 is 0 Å². The fourth-order valence-corrected chi connectivity index (χ4v) is 2.97. The van der Waals surface area contributed by atoms with Crippen molar-refractivity contribution in [3.8, 4) is 17.1 Å². The Labute approximate surface area is 193 Å². The first-order chi connectivity index (χ1) is 14.7. The van der Waals surface area contributed by atoms with Gasteiger partial charge >= 0.3 is 6.18 Å². The monoisotopic (exact) mass is 621 g/mol. The van der Waals surface area contributed by atoms with Crippen LogP contribution in [0, 0.1) is 23.9 Å². The Morgan fingerprint density at radius 1 is 0.969 bits per heavy atom. The molecule has 3 heterocycles. The molecule has 32 heavy (non-hydrogen) atoms. The van der Waals surface area contributed by atoms with Crippen molar-refractivity contribution in [2.45, 2.75) is 19.0 Å². The summed E-state index contributed by atoms with van der Waals surface area (Å²) < 4.78 is 66.6. The van der Waals surface area contributed by atoms with E-state index in [9.17, 15) is 22.0 Å². The summed E-state index contributed by atoms with van der Waals surface area (Å²) in [6.45, 7) is 1.80. The summed E-state index contributed by atoms with van der Waals surface area (Å²) in [5.74, 6) is -1.74. The van der Waals surface area contributed by atoms with Crippen molar-refractivity contribution in [2.24, 2.45) is 0 Å². The molecular weight excluding hydrogens is 607 g/mol. The molecule has 1 radical (unpaired) electrons. The molecule has 167 valence electrons. The van der Waals surface area contributed by atoms with Crippen LogP contribution in [-0.2, 0) is 26.3 Å². The van der Waals surface area contributed by atoms with Crippen LogP contribution in [0.1, 0.15) is 29.9 Å². The summed E-state index contributed by atoms with van der Waals surface area (Å²) in [5.41, 5.74) is 0.291. The van der Waals surface area contributed by atoms with Crippen molar-refractivity contribution in [1.82, 2.24) is 19.7 Å². The first kappa shape index (κ1) is 23.7. The first-order valence-corrected chi connectivity index (χ1v) is 9.08. The summed E-state index contributed by atoms with van der Waals surface area (Å²) in [7, 11) is 0. The fraction of sp³-hybridized carbons (Fsp3) is 0.136. The van der Waals surface area contributed by atoms with Gasteiger partial charge in [-0.25, -0.2) is 0 Å². The molecule has 0 bridgehead atoms. The van der Waals surface area contributed by atoms with Gasteiger partial charge in [0.2, 0.25) is 0 Å². The number of halogens is 5. The Hall–Kier alpha value is -2.97. The van der Waals surface area contributed by atoms with E-state index in [1.54, 1.807) is 37.3 Å². The van der Waals surface area contributed by atoms with Crippen LogP contribution in [0.15, 0.2) is 54.6 Å². The smallest absolute Gasteiger partial charge is 0.343 e. The van der Waals surface area contributed by atoms with Crippen molar-refractivity contribution in [3.05, 3.63) is 95.6 Å². The molecule has 0 N–H and O–H groups in total. The van der Waals surface area contributed by atoms with E-state index in [-0.39, 0.29) is 43.1 Å². The number of alkyl halides is 3. The molecule has 1 unspecified atom stereocenters. The van der Waals surface area contributed by atoms with E-state index < -0.39 is 23.5 Å². The van der Waals surface area contributed by atoms with Crippen LogP contribution < -0.4 is 0 Å². The van der Waals surface area contributed by atoms with E-state index in [2.05, 4.69) is 27.3 Å². The normalized spacial score (nSPS) is 12.3. The average molecular weight is 621 g/mol. The zero-order chi connectivity index (χ0) is 22.2. The van der Waals surface area contributed by atoms with Crippen LogP contribution in [0.25, 0.3) is 17.1 Å². The number of nitrogens with zero attached hydrogens (tertiary/aromatic N) is 4. The molecule has 4 aromatic rings. The van der Waals surface area contributed by atoms with Crippen LogP contribution in [0.2, 0.25) is 0 Å². The van der Waals surface area contributed by atoms with Crippen LogP contribution in [0.5, 0.6) is 0 Å². The molecule has 0 aliphatic rings. The van der Waals surface area contributed by atoms with E-state index in [1.807, 2.05) is 0 Å². The summed E-state index contributed by atoms with van der Waals surface area (Å²) in [4.78, 5) is 8.81. The molecule has 0 spiro atoms. The van der Waals surface area contributed by atoms with Gasteiger partial charge in [0.25, 0.3) is 0 Å². The molecule has 0 saturated carbocycles. The zero-order valence-corrected chi connectivity index (χ0v) is 18.7. The number of hydrogen-bond acceptors (Lipinski definition) is 3. The second-order valence-electron chi connectivity index (χ2n) is 6.70. The van der Waals surface area contributed by atoms with E-state index in [0.717, 1.165) is 22.9 Å². The Bertz CT molecular complexity index is 1240. The number of rotatable bonds is 4. The molecule has 1 atom stereocenters. The van der Waals surface area contributed by atoms with Gasteiger partial charge in [0.05, 0.1) is 11.5 Å². The number of hydrogen-bond donors (Lipinski definition) is 0. The third-order valence-corrected chi connectivity index (χ3v) is 4.57. The molecule has 1 aromatic carbocycles. The maximum atomic E-state index is 14.1. The minimum atomic E-state index is -4.58. The molecule has 0 fully saturated rings. The Kier molecular flexibility index (Phi) is 6.85. The maximum Gasteiger partial charge on any atom is 0.388 e. The van der Waals surface area contributed by atoms with Gasteiger partial charge in [-0.05, 0) is 17.8 Å². The predicted molar refractivity (Wildman–Crippen MR) is 101 cm³/mol. The first-order valence-electron chi connectivity index (χ1n) is 9.08. The molecule has 10 heteroatoms. The molecule has 4 rings (SSSR count). The standard InChI is InChI=1S/C22H13F5N4.Ir/c1-13(17-4-2-6-19(28-17)15-9-8-14(23)12-16(15)24)18-5-3-7-21(29-18)31-11-10-20(30-31)22(25,26)27;/h2-8,10,12-13H,1H3;/q-2;. The number of benzene rings is 1. The SMILES string of the molecule is CC(c1cccc(-c2[c-]cc(F)cc2F)n1)c1cccc(-n2[c-]cc(C(F)(F)F)n2)n1.[Ir]. The molecule has 3 aromatic heterocycles. The number of aromatic nitrogens is 4. The fourth-order valence-electron chi connectivity index (χ4n) is 2.97. The van der Waals surface area contributed by atoms with Crippen molar-refractivity contribution in [3.63, 3.8) is 0 Å². The topological polar surface area (TPSA) is 43.6 Å². The minimum Gasteiger partial charge on any atom is -0.343 e. The van der Waals surface area contributed by atoms with Crippen LogP contribution in [-0.4, -0.2) is 19.7 Å². The zero-order valence-electron chi connectivity index (χ0n) is 16.3. The molecule has 0 saturated heterocycles. The molecule has 0 aliphatic heterocycles. The van der Waals surface area contributed by atoms with Gasteiger partial charge in [-0.15, -0.1) is 18.2 Å². The average Bonchev–Trinajstić information content (AvgIpc) is 3.24. The van der Waals surface area contributed by atoms with Gasteiger partial charge in [0.1, 0.15) is 0 Å². The Morgan fingerprint density at radius 2 is 1.66 bits per heavy atom. The van der Waals surface area contributed by atoms with Gasteiger partial charge in [-0.2, -0.15) is 13.2 Å². The maximum absolute atomic E-state index is 14.1. The van der Waals surface area contributed by atoms with Crippen molar-refractivity contribution < 1.29 is 42.1 Å². The third kappa shape index (κ3) is 4.92. The van der Waals surface area contributed by atoms with Crippen LogP contribution in [0.4, 0.5) is 22.0 Å². The van der Waals surface area contributed by atoms with Gasteiger partial charge in [0, 0.05) is 49.0 Å². The quantitative estimate of drug-likeness (QED) is 0.228. The summed E-state index contributed by atoms with van der Waals surface area (Å²) in [6.07, 6.45) is -2.17. The van der Waals surface area contributed by atoms with Crippen LogP contribution >= 0.6 is 0 Å². The van der Waals surface area contributed by atoms with Gasteiger partial charge in [-0.3, -0.25) is 18.9 Å². The van der Waals surface area contributed by atoms with E-state index in [1.165, 1.54) is 6.07 Å².